The number of rotatable bonds is 5. The minimum Gasteiger partial charge on any atom is -0.394 e. The van der Waals surface area contributed by atoms with E-state index in [4.69, 9.17) is 5.11 Å². The highest BCUT2D eigenvalue weighted by atomic mass is 16.4. The summed E-state index contributed by atoms with van der Waals surface area (Å²) in [6.45, 7) is 9.83. The first-order chi connectivity index (χ1) is 11.0. The Hall–Kier alpha value is -0.710. The van der Waals surface area contributed by atoms with Crippen LogP contribution in [-0.2, 0) is 4.79 Å². The Morgan fingerprint density at radius 3 is 2.50 bits per heavy atom. The lowest BCUT2D eigenvalue weighted by molar-refractivity contribution is -0.122. The fraction of sp³-hybridized carbons (Fsp3) is 0.850. The summed E-state index contributed by atoms with van der Waals surface area (Å²) in [5.41, 5.74) is 0.781. The number of hydrogen-bond acceptors (Lipinski definition) is 4. The van der Waals surface area contributed by atoms with Crippen LogP contribution in [0.5, 0.6) is 0 Å². The van der Waals surface area contributed by atoms with E-state index in [2.05, 4.69) is 20.8 Å². The second-order valence-corrected chi connectivity index (χ2v) is 9.10. The molecule has 24 heavy (non-hydrogen) atoms. The van der Waals surface area contributed by atoms with Gasteiger partial charge in [0.25, 0.3) is 0 Å². The number of fused-ring (bicyclic) bond motifs is 1. The van der Waals surface area contributed by atoms with E-state index in [0.29, 0.717) is 25.2 Å². The van der Waals surface area contributed by atoms with Gasteiger partial charge in [-0.2, -0.15) is 0 Å². The summed E-state index contributed by atoms with van der Waals surface area (Å²) in [5.74, 6) is 0.558. The number of aliphatic hydroxyl groups is 3. The second kappa shape index (κ2) is 6.54. The third-order valence-corrected chi connectivity index (χ3v) is 6.95. The van der Waals surface area contributed by atoms with E-state index in [9.17, 15) is 15.0 Å². The molecule has 1 saturated carbocycles. The quantitative estimate of drug-likeness (QED) is 0.720. The van der Waals surface area contributed by atoms with Crippen LogP contribution >= 0.6 is 0 Å². The Balaban J connectivity index is 2.32. The van der Waals surface area contributed by atoms with Crippen molar-refractivity contribution in [1.29, 1.82) is 0 Å². The average Bonchev–Trinajstić information content (AvgIpc) is 2.48. The lowest BCUT2D eigenvalue weighted by Crippen LogP contribution is -2.48. The molecule has 0 bridgehead atoms. The van der Waals surface area contributed by atoms with Gasteiger partial charge in [0.1, 0.15) is 6.10 Å². The summed E-state index contributed by atoms with van der Waals surface area (Å²) in [5, 5.41) is 29.4. The van der Waals surface area contributed by atoms with E-state index in [0.717, 1.165) is 30.4 Å². The lowest BCUT2D eigenvalue weighted by Gasteiger charge is -2.55. The number of ketones is 1. The van der Waals surface area contributed by atoms with Crippen molar-refractivity contribution in [2.75, 3.05) is 6.61 Å². The standard InChI is InChI=1S/C20H34O4/c1-13-14(7-10-20(5,24)17(23)12-21)19(4)9-6-8-18(2,3)16(19)11-15(13)22/h16-17,21,23-24H,6-12H2,1-5H3/t16-,17-,19+,20-/m0/s1. The van der Waals surface area contributed by atoms with E-state index in [1.54, 1.807) is 6.92 Å². The SMILES string of the molecule is CC1=C(CC[C@](C)(O)[C@@H](O)CO)[C@@]2(C)CCCC(C)(C)[C@@H]2CC1=O. The number of aliphatic hydroxyl groups excluding tert-OH is 2. The molecule has 0 amide bonds. The van der Waals surface area contributed by atoms with Gasteiger partial charge < -0.3 is 15.3 Å². The van der Waals surface area contributed by atoms with Gasteiger partial charge in [0.2, 0.25) is 0 Å². The highest BCUT2D eigenvalue weighted by Gasteiger charge is 2.52. The maximum atomic E-state index is 12.6. The van der Waals surface area contributed by atoms with Crippen LogP contribution in [0.4, 0.5) is 0 Å². The minimum absolute atomic E-state index is 0.0139. The Morgan fingerprint density at radius 1 is 1.29 bits per heavy atom. The van der Waals surface area contributed by atoms with Gasteiger partial charge in [0.15, 0.2) is 5.78 Å². The summed E-state index contributed by atoms with van der Waals surface area (Å²) in [6.07, 6.45) is 3.76. The van der Waals surface area contributed by atoms with Crippen LogP contribution in [0.25, 0.3) is 0 Å². The molecule has 2 rings (SSSR count). The number of allylic oxidation sites excluding steroid dienone is 2. The van der Waals surface area contributed by atoms with Crippen molar-refractivity contribution in [3.05, 3.63) is 11.1 Å². The van der Waals surface area contributed by atoms with Crippen molar-refractivity contribution in [2.45, 2.75) is 84.8 Å². The predicted molar refractivity (Wildman–Crippen MR) is 94.5 cm³/mol. The van der Waals surface area contributed by atoms with E-state index in [-0.39, 0.29) is 16.6 Å². The molecule has 0 aromatic carbocycles. The molecule has 2 aliphatic rings. The smallest absolute Gasteiger partial charge is 0.158 e. The van der Waals surface area contributed by atoms with Gasteiger partial charge in [0, 0.05) is 6.42 Å². The maximum absolute atomic E-state index is 12.6. The van der Waals surface area contributed by atoms with Crippen LogP contribution in [0.1, 0.15) is 73.1 Å². The summed E-state index contributed by atoms with van der Waals surface area (Å²) >= 11 is 0. The Labute approximate surface area is 146 Å². The van der Waals surface area contributed by atoms with Crippen molar-refractivity contribution in [2.24, 2.45) is 16.7 Å². The van der Waals surface area contributed by atoms with Gasteiger partial charge in [-0.15, -0.1) is 0 Å². The van der Waals surface area contributed by atoms with Crippen LogP contribution in [0.2, 0.25) is 0 Å². The molecule has 0 unspecified atom stereocenters. The third kappa shape index (κ3) is 3.33. The van der Waals surface area contributed by atoms with Crippen molar-refractivity contribution in [3.63, 3.8) is 0 Å². The van der Waals surface area contributed by atoms with Gasteiger partial charge >= 0.3 is 0 Å². The van der Waals surface area contributed by atoms with Crippen molar-refractivity contribution < 1.29 is 20.1 Å². The van der Waals surface area contributed by atoms with Crippen molar-refractivity contribution in [3.8, 4) is 0 Å². The summed E-state index contributed by atoms with van der Waals surface area (Å²) < 4.78 is 0. The molecule has 0 saturated heterocycles. The van der Waals surface area contributed by atoms with Crippen LogP contribution in [0.3, 0.4) is 0 Å². The first kappa shape index (κ1) is 19.6. The van der Waals surface area contributed by atoms with Crippen LogP contribution in [0, 0.1) is 16.7 Å². The maximum Gasteiger partial charge on any atom is 0.158 e. The molecule has 0 aliphatic heterocycles. The molecule has 0 spiro atoms. The monoisotopic (exact) mass is 338 g/mol. The normalized spacial score (nSPS) is 33.8. The zero-order valence-corrected chi connectivity index (χ0v) is 15.9. The molecule has 0 aromatic rings. The molecule has 4 atom stereocenters. The van der Waals surface area contributed by atoms with Crippen molar-refractivity contribution in [1.82, 2.24) is 0 Å². The summed E-state index contributed by atoms with van der Waals surface area (Å²) in [7, 11) is 0. The molecule has 4 nitrogen and oxygen atoms in total. The molecule has 2 aliphatic carbocycles. The van der Waals surface area contributed by atoms with E-state index in [1.165, 1.54) is 0 Å². The number of carbonyl (C=O) groups excluding carboxylic acids is 1. The number of carbonyl (C=O) groups is 1. The second-order valence-electron chi connectivity index (χ2n) is 9.10. The topological polar surface area (TPSA) is 77.8 Å². The molecule has 0 heterocycles. The van der Waals surface area contributed by atoms with E-state index in [1.807, 2.05) is 6.92 Å². The fourth-order valence-corrected chi connectivity index (χ4v) is 5.13. The highest BCUT2D eigenvalue weighted by molar-refractivity contribution is 5.97. The summed E-state index contributed by atoms with van der Waals surface area (Å²) in [4.78, 5) is 12.6. The fourth-order valence-electron chi connectivity index (χ4n) is 5.13. The molecule has 0 radical (unpaired) electrons. The Kier molecular flexibility index (Phi) is 5.35. The molecular weight excluding hydrogens is 304 g/mol. The van der Waals surface area contributed by atoms with Crippen LogP contribution in [0.15, 0.2) is 11.1 Å². The third-order valence-electron chi connectivity index (χ3n) is 6.95. The van der Waals surface area contributed by atoms with Gasteiger partial charge in [-0.25, -0.2) is 0 Å². The Morgan fingerprint density at radius 2 is 1.92 bits per heavy atom. The van der Waals surface area contributed by atoms with E-state index >= 15 is 0 Å². The Bertz CT molecular complexity index is 532. The zero-order valence-electron chi connectivity index (χ0n) is 15.9. The molecule has 1 fully saturated rings. The molecule has 138 valence electrons. The van der Waals surface area contributed by atoms with Gasteiger partial charge in [0.05, 0.1) is 12.2 Å². The summed E-state index contributed by atoms with van der Waals surface area (Å²) in [6, 6.07) is 0. The first-order valence-electron chi connectivity index (χ1n) is 9.20. The van der Waals surface area contributed by atoms with Crippen LogP contribution in [-0.4, -0.2) is 39.4 Å². The molecular formula is C20H34O4. The predicted octanol–water partition coefficient (Wildman–Crippen LogP) is 2.99. The number of Topliss-reactive ketones (excluding diaryl/α,β-unsaturated/α-hetero) is 1. The minimum atomic E-state index is -1.35. The molecule has 0 aromatic heterocycles. The first-order valence-corrected chi connectivity index (χ1v) is 9.20. The van der Waals surface area contributed by atoms with Gasteiger partial charge in [-0.05, 0) is 61.9 Å². The molecule has 4 heteroatoms. The molecule has 3 N–H and O–H groups in total. The van der Waals surface area contributed by atoms with E-state index < -0.39 is 18.3 Å². The zero-order chi connectivity index (χ0) is 18.3. The highest BCUT2D eigenvalue weighted by Crippen LogP contribution is 2.59. The van der Waals surface area contributed by atoms with Gasteiger partial charge in [-0.3, -0.25) is 4.79 Å². The number of hydrogen-bond donors (Lipinski definition) is 3. The lowest BCUT2D eigenvalue weighted by atomic mass is 9.49. The average molecular weight is 338 g/mol. The van der Waals surface area contributed by atoms with Gasteiger partial charge in [-0.1, -0.05) is 32.8 Å². The largest absolute Gasteiger partial charge is 0.394 e. The van der Waals surface area contributed by atoms with Crippen LogP contribution < -0.4 is 0 Å². The van der Waals surface area contributed by atoms with Crippen molar-refractivity contribution >= 4 is 5.78 Å².